The molecule has 0 saturated carbocycles. The van der Waals surface area contributed by atoms with Crippen molar-refractivity contribution < 1.29 is 9.47 Å². The van der Waals surface area contributed by atoms with Crippen molar-refractivity contribution in [2.45, 2.75) is 45.6 Å². The molecule has 1 aliphatic rings. The third kappa shape index (κ3) is 4.56. The average Bonchev–Trinajstić information content (AvgIpc) is 3.21. The Morgan fingerprint density at radius 2 is 2.03 bits per heavy atom. The molecule has 7 nitrogen and oxygen atoms in total. The molecule has 0 aliphatic carbocycles. The van der Waals surface area contributed by atoms with Crippen molar-refractivity contribution in [2.24, 2.45) is 0 Å². The Hall–Kier alpha value is -2.93. The third-order valence-corrected chi connectivity index (χ3v) is 5.97. The maximum Gasteiger partial charge on any atom is 0.266 e. The molecule has 7 heteroatoms. The summed E-state index contributed by atoms with van der Waals surface area (Å²) in [4.78, 5) is 24.6. The van der Waals surface area contributed by atoms with Crippen LogP contribution >= 0.6 is 0 Å². The van der Waals surface area contributed by atoms with Gasteiger partial charge in [0, 0.05) is 25.1 Å². The molecule has 1 saturated heterocycles. The van der Waals surface area contributed by atoms with E-state index >= 15 is 0 Å². The number of pyridine rings is 1. The molecular weight excluding hydrogens is 392 g/mol. The number of aryl methyl sites for hydroxylation is 1. The van der Waals surface area contributed by atoms with Crippen LogP contribution in [0.15, 0.2) is 41.3 Å². The van der Waals surface area contributed by atoms with E-state index < -0.39 is 0 Å². The molecule has 3 aromatic rings. The van der Waals surface area contributed by atoms with Crippen molar-refractivity contribution in [3.63, 3.8) is 0 Å². The van der Waals surface area contributed by atoms with Crippen LogP contribution in [0.5, 0.6) is 11.6 Å². The van der Waals surface area contributed by atoms with Gasteiger partial charge in [0.2, 0.25) is 5.88 Å². The van der Waals surface area contributed by atoms with E-state index in [0.29, 0.717) is 41.7 Å². The number of likely N-dealkylation sites (tertiary alicyclic amines) is 1. The lowest BCUT2D eigenvalue weighted by atomic mass is 10.2. The fourth-order valence-corrected chi connectivity index (χ4v) is 4.21. The molecule has 4 rings (SSSR count). The lowest BCUT2D eigenvalue weighted by molar-refractivity contribution is 0.230. The first-order chi connectivity index (χ1) is 15.1. The normalized spacial score (nSPS) is 16.7. The highest BCUT2D eigenvalue weighted by Gasteiger charge is 2.19. The zero-order valence-corrected chi connectivity index (χ0v) is 18.5. The molecule has 0 N–H and O–H groups in total. The van der Waals surface area contributed by atoms with Crippen LogP contribution in [0.2, 0.25) is 0 Å². The topological polar surface area (TPSA) is 69.5 Å². The van der Waals surface area contributed by atoms with Crippen molar-refractivity contribution in [3.05, 3.63) is 52.7 Å². The Bertz CT molecular complexity index is 1090. The number of methoxy groups -OCH3 is 1. The Kier molecular flexibility index (Phi) is 6.51. The van der Waals surface area contributed by atoms with Gasteiger partial charge < -0.3 is 14.4 Å². The lowest BCUT2D eigenvalue weighted by Gasteiger charge is -2.20. The van der Waals surface area contributed by atoms with Gasteiger partial charge in [-0.3, -0.25) is 9.36 Å². The van der Waals surface area contributed by atoms with Gasteiger partial charge in [-0.05, 0) is 57.0 Å². The minimum atomic E-state index is -0.129. The van der Waals surface area contributed by atoms with Crippen LogP contribution in [-0.2, 0) is 6.42 Å². The number of fused-ring (bicyclic) bond motifs is 1. The number of hydrogen-bond donors (Lipinski definition) is 0. The fraction of sp³-hybridized carbons (Fsp3) is 0.458. The van der Waals surface area contributed by atoms with Crippen molar-refractivity contribution in [3.8, 4) is 17.3 Å². The molecule has 1 aromatic carbocycles. The third-order valence-electron chi connectivity index (χ3n) is 5.97. The summed E-state index contributed by atoms with van der Waals surface area (Å²) >= 11 is 0. The quantitative estimate of drug-likeness (QED) is 0.517. The highest BCUT2D eigenvalue weighted by atomic mass is 16.5. The second-order valence-corrected chi connectivity index (χ2v) is 7.99. The van der Waals surface area contributed by atoms with E-state index in [4.69, 9.17) is 9.47 Å². The molecule has 31 heavy (non-hydrogen) atoms. The van der Waals surface area contributed by atoms with Crippen molar-refractivity contribution in [1.82, 2.24) is 19.4 Å². The number of rotatable bonds is 8. The van der Waals surface area contributed by atoms with Crippen LogP contribution in [0, 0.1) is 0 Å². The number of ether oxygens (including phenoxy) is 2. The van der Waals surface area contributed by atoms with Gasteiger partial charge in [0.15, 0.2) is 0 Å². The van der Waals surface area contributed by atoms with Crippen molar-refractivity contribution in [1.29, 1.82) is 0 Å². The Balaban J connectivity index is 1.50. The Morgan fingerprint density at radius 3 is 2.71 bits per heavy atom. The van der Waals surface area contributed by atoms with Gasteiger partial charge in [-0.2, -0.15) is 0 Å². The van der Waals surface area contributed by atoms with Crippen LogP contribution < -0.4 is 15.0 Å². The summed E-state index contributed by atoms with van der Waals surface area (Å²) in [7, 11) is 1.53. The van der Waals surface area contributed by atoms with Crippen LogP contribution in [0.4, 0.5) is 0 Å². The summed E-state index contributed by atoms with van der Waals surface area (Å²) in [6.07, 6.45) is 5.82. The molecular formula is C24H30N4O3. The van der Waals surface area contributed by atoms with Gasteiger partial charge in [0.25, 0.3) is 5.56 Å². The minimum absolute atomic E-state index is 0.129. The van der Waals surface area contributed by atoms with Crippen LogP contribution in [0.25, 0.3) is 16.6 Å². The molecule has 1 aliphatic heterocycles. The van der Waals surface area contributed by atoms with Gasteiger partial charge >= 0.3 is 0 Å². The average molecular weight is 423 g/mol. The summed E-state index contributed by atoms with van der Waals surface area (Å²) in [5.41, 5.74) is 1.22. The first kappa shape index (κ1) is 21.3. The summed E-state index contributed by atoms with van der Waals surface area (Å²) in [5.74, 6) is 1.90. The Labute approximate surface area is 182 Å². The minimum Gasteiger partial charge on any atom is -0.494 e. The maximum atomic E-state index is 13.2. The van der Waals surface area contributed by atoms with E-state index in [1.54, 1.807) is 16.8 Å². The van der Waals surface area contributed by atoms with Crippen LogP contribution in [0.1, 0.15) is 38.9 Å². The summed E-state index contributed by atoms with van der Waals surface area (Å²) in [6.45, 7) is 7.25. The predicted molar refractivity (Wildman–Crippen MR) is 121 cm³/mol. The summed E-state index contributed by atoms with van der Waals surface area (Å²) in [5, 5.41) is 0.487. The number of aromatic nitrogens is 3. The molecule has 3 heterocycles. The van der Waals surface area contributed by atoms with Gasteiger partial charge in [-0.15, -0.1) is 0 Å². The van der Waals surface area contributed by atoms with Crippen LogP contribution in [0.3, 0.4) is 0 Å². The van der Waals surface area contributed by atoms with E-state index in [0.717, 1.165) is 24.4 Å². The highest BCUT2D eigenvalue weighted by molar-refractivity contribution is 5.78. The van der Waals surface area contributed by atoms with E-state index in [2.05, 4.69) is 21.8 Å². The molecule has 0 amide bonds. The lowest BCUT2D eigenvalue weighted by Crippen LogP contribution is -2.28. The number of benzene rings is 1. The smallest absolute Gasteiger partial charge is 0.266 e. The summed E-state index contributed by atoms with van der Waals surface area (Å²) < 4.78 is 12.8. The van der Waals surface area contributed by atoms with Gasteiger partial charge in [0.05, 0.1) is 36.5 Å². The van der Waals surface area contributed by atoms with E-state index in [1.165, 1.54) is 26.5 Å². The van der Waals surface area contributed by atoms with Crippen molar-refractivity contribution in [2.75, 3.05) is 26.8 Å². The van der Waals surface area contributed by atoms with Crippen LogP contribution in [-0.4, -0.2) is 52.3 Å². The zero-order valence-electron chi connectivity index (χ0n) is 18.5. The fourth-order valence-electron chi connectivity index (χ4n) is 4.21. The molecule has 0 unspecified atom stereocenters. The van der Waals surface area contributed by atoms with E-state index in [9.17, 15) is 4.79 Å². The molecule has 164 valence electrons. The zero-order chi connectivity index (χ0) is 21.8. The maximum absolute atomic E-state index is 13.2. The second-order valence-electron chi connectivity index (χ2n) is 7.99. The standard InChI is InChI=1S/C24H30N4O3/c1-4-22-26-21-16-25-23(30-3)15-20(21)24(29)28(22)18-8-10-19(11-9-18)31-14-6-13-27-12-5-7-17(27)2/h8-11,15-17H,4-7,12-14H2,1-3H3/t17-/m0/s1. The monoisotopic (exact) mass is 422 g/mol. The first-order valence-corrected chi connectivity index (χ1v) is 11.0. The van der Waals surface area contributed by atoms with E-state index in [-0.39, 0.29) is 5.56 Å². The van der Waals surface area contributed by atoms with E-state index in [1.807, 2.05) is 31.2 Å². The molecule has 2 aromatic heterocycles. The Morgan fingerprint density at radius 1 is 1.23 bits per heavy atom. The summed E-state index contributed by atoms with van der Waals surface area (Å²) in [6, 6.07) is 9.97. The van der Waals surface area contributed by atoms with Gasteiger partial charge in [0.1, 0.15) is 11.6 Å². The van der Waals surface area contributed by atoms with Gasteiger partial charge in [-0.25, -0.2) is 9.97 Å². The SMILES string of the molecule is CCc1nc2cnc(OC)cc2c(=O)n1-c1ccc(OCCCN2CCC[C@@H]2C)cc1. The molecule has 1 atom stereocenters. The number of nitrogens with zero attached hydrogens (tertiary/aromatic N) is 4. The second kappa shape index (κ2) is 9.47. The first-order valence-electron chi connectivity index (χ1n) is 11.0. The molecule has 0 radical (unpaired) electrons. The largest absolute Gasteiger partial charge is 0.494 e. The molecule has 0 spiro atoms. The molecule has 1 fully saturated rings. The predicted octanol–water partition coefficient (Wildman–Crippen LogP) is 3.60. The van der Waals surface area contributed by atoms with Crippen molar-refractivity contribution >= 4 is 10.9 Å². The number of hydrogen-bond acceptors (Lipinski definition) is 6. The molecule has 0 bridgehead atoms. The van der Waals surface area contributed by atoms with Gasteiger partial charge in [-0.1, -0.05) is 6.92 Å². The highest BCUT2D eigenvalue weighted by Crippen LogP contribution is 2.20.